The molecule has 3 rings (SSSR count). The Kier molecular flexibility index (Phi) is 2.41. The number of morpholine rings is 1. The smallest absolute Gasteiger partial charge is 0.395 e. The van der Waals surface area contributed by atoms with Crippen molar-refractivity contribution in [3.63, 3.8) is 0 Å². The molecule has 0 radical (unpaired) electrons. The Morgan fingerprint density at radius 1 is 1.24 bits per heavy atom. The van der Waals surface area contributed by atoms with E-state index in [2.05, 4.69) is 14.8 Å². The third-order valence-corrected chi connectivity index (χ3v) is 2.75. The summed E-state index contributed by atoms with van der Waals surface area (Å²) in [5.74, 6) is 0.135. The summed E-state index contributed by atoms with van der Waals surface area (Å²) in [6, 6.07) is 4.78. The van der Waals surface area contributed by atoms with Gasteiger partial charge in [0.25, 0.3) is 0 Å². The third kappa shape index (κ3) is 2.05. The molecule has 0 amide bonds. The van der Waals surface area contributed by atoms with Crippen molar-refractivity contribution in [3.05, 3.63) is 23.8 Å². The van der Waals surface area contributed by atoms with Gasteiger partial charge in [0, 0.05) is 6.54 Å². The van der Waals surface area contributed by atoms with Gasteiger partial charge in [-0.15, -0.1) is 8.78 Å². The Hall–Kier alpha value is -1.40. The van der Waals surface area contributed by atoms with Gasteiger partial charge in [0.2, 0.25) is 0 Å². The fraction of sp³-hybridized carbons (Fsp3) is 0.455. The van der Waals surface area contributed by atoms with Crippen molar-refractivity contribution >= 4 is 0 Å². The lowest BCUT2D eigenvalue weighted by molar-refractivity contribution is -0.286. The first-order valence-electron chi connectivity index (χ1n) is 5.35. The number of benzene rings is 1. The summed E-state index contributed by atoms with van der Waals surface area (Å²) in [5, 5.41) is 3.24. The predicted molar refractivity (Wildman–Crippen MR) is 54.2 cm³/mol. The Balaban J connectivity index is 1.85. The molecule has 1 atom stereocenters. The van der Waals surface area contributed by atoms with Crippen molar-refractivity contribution in [2.75, 3.05) is 19.8 Å². The molecule has 1 saturated heterocycles. The Labute approximate surface area is 96.5 Å². The van der Waals surface area contributed by atoms with E-state index < -0.39 is 6.29 Å². The summed E-state index contributed by atoms with van der Waals surface area (Å²) >= 11 is 0. The van der Waals surface area contributed by atoms with Gasteiger partial charge < -0.3 is 19.5 Å². The summed E-state index contributed by atoms with van der Waals surface area (Å²) in [7, 11) is 0. The monoisotopic (exact) mass is 243 g/mol. The topological polar surface area (TPSA) is 39.7 Å². The molecule has 2 aliphatic heterocycles. The number of nitrogens with one attached hydrogen (secondary N) is 1. The average Bonchev–Trinajstić information content (AvgIpc) is 2.63. The van der Waals surface area contributed by atoms with Crippen LogP contribution in [0.2, 0.25) is 0 Å². The minimum absolute atomic E-state index is 0.00636. The van der Waals surface area contributed by atoms with Crippen LogP contribution in [0.1, 0.15) is 11.6 Å². The lowest BCUT2D eigenvalue weighted by atomic mass is 10.1. The van der Waals surface area contributed by atoms with E-state index >= 15 is 0 Å². The maximum absolute atomic E-state index is 12.8. The maximum Gasteiger partial charge on any atom is 0.586 e. The zero-order valence-electron chi connectivity index (χ0n) is 8.91. The zero-order chi connectivity index (χ0) is 11.9. The number of fused-ring (bicyclic) bond motifs is 1. The van der Waals surface area contributed by atoms with E-state index in [-0.39, 0.29) is 17.5 Å². The van der Waals surface area contributed by atoms with Gasteiger partial charge >= 0.3 is 6.29 Å². The molecule has 1 aromatic rings. The standard InChI is InChI=1S/C11H11F2NO3/c12-11(13)16-9-2-1-7(5-10(9)17-11)8-6-15-4-3-14-8/h1-2,5,8,14H,3-4,6H2/t8-/m1/s1. The largest absolute Gasteiger partial charge is 0.586 e. The number of alkyl halides is 2. The van der Waals surface area contributed by atoms with Gasteiger partial charge in [-0.2, -0.15) is 0 Å². The molecule has 0 spiro atoms. The summed E-state index contributed by atoms with van der Waals surface area (Å²) < 4.78 is 39.7. The second-order valence-electron chi connectivity index (χ2n) is 3.96. The maximum atomic E-state index is 12.8. The Bertz CT molecular complexity index is 433. The van der Waals surface area contributed by atoms with Gasteiger partial charge in [-0.1, -0.05) is 6.07 Å². The summed E-state index contributed by atoms with van der Waals surface area (Å²) in [4.78, 5) is 0. The van der Waals surface area contributed by atoms with Crippen LogP contribution >= 0.6 is 0 Å². The number of hydrogen-bond acceptors (Lipinski definition) is 4. The van der Waals surface area contributed by atoms with E-state index in [1.807, 2.05) is 0 Å². The van der Waals surface area contributed by atoms with Crippen LogP contribution in [0.4, 0.5) is 8.78 Å². The van der Waals surface area contributed by atoms with Crippen molar-refractivity contribution in [1.82, 2.24) is 5.32 Å². The number of halogens is 2. The lowest BCUT2D eigenvalue weighted by Gasteiger charge is -2.24. The van der Waals surface area contributed by atoms with Crippen molar-refractivity contribution in [2.24, 2.45) is 0 Å². The molecule has 0 aliphatic carbocycles. The van der Waals surface area contributed by atoms with E-state index in [9.17, 15) is 8.78 Å². The second-order valence-corrected chi connectivity index (χ2v) is 3.96. The van der Waals surface area contributed by atoms with Crippen LogP contribution in [-0.2, 0) is 4.74 Å². The molecule has 4 nitrogen and oxygen atoms in total. The first kappa shape index (κ1) is 10.7. The van der Waals surface area contributed by atoms with Crippen LogP contribution < -0.4 is 14.8 Å². The van der Waals surface area contributed by atoms with Crippen molar-refractivity contribution in [1.29, 1.82) is 0 Å². The summed E-state index contributed by atoms with van der Waals surface area (Å²) in [6.07, 6.45) is -3.56. The van der Waals surface area contributed by atoms with E-state index in [1.54, 1.807) is 12.1 Å². The summed E-state index contributed by atoms with van der Waals surface area (Å²) in [5.41, 5.74) is 0.852. The van der Waals surface area contributed by atoms with Gasteiger partial charge in [0.1, 0.15) is 0 Å². The van der Waals surface area contributed by atoms with Crippen LogP contribution in [0, 0.1) is 0 Å². The summed E-state index contributed by atoms with van der Waals surface area (Å²) in [6.45, 7) is 1.93. The second kappa shape index (κ2) is 3.82. The van der Waals surface area contributed by atoms with Crippen LogP contribution in [0.5, 0.6) is 11.5 Å². The van der Waals surface area contributed by atoms with Crippen LogP contribution in [0.15, 0.2) is 18.2 Å². The minimum Gasteiger partial charge on any atom is -0.395 e. The van der Waals surface area contributed by atoms with E-state index in [0.29, 0.717) is 13.2 Å². The molecular formula is C11H11F2NO3. The number of hydrogen-bond donors (Lipinski definition) is 1. The highest BCUT2D eigenvalue weighted by Gasteiger charge is 2.43. The number of ether oxygens (including phenoxy) is 3. The molecule has 17 heavy (non-hydrogen) atoms. The first-order valence-corrected chi connectivity index (χ1v) is 5.35. The predicted octanol–water partition coefficient (Wildman–Crippen LogP) is 1.67. The van der Waals surface area contributed by atoms with Gasteiger partial charge in [0.15, 0.2) is 11.5 Å². The first-order chi connectivity index (χ1) is 8.14. The lowest BCUT2D eigenvalue weighted by Crippen LogP contribution is -2.34. The highest BCUT2D eigenvalue weighted by Crippen LogP contribution is 2.42. The fourth-order valence-corrected chi connectivity index (χ4v) is 1.96. The van der Waals surface area contributed by atoms with Crippen LogP contribution in [0.3, 0.4) is 0 Å². The molecular weight excluding hydrogens is 232 g/mol. The van der Waals surface area contributed by atoms with E-state index in [0.717, 1.165) is 12.1 Å². The van der Waals surface area contributed by atoms with E-state index in [4.69, 9.17) is 4.74 Å². The van der Waals surface area contributed by atoms with Gasteiger partial charge in [-0.3, -0.25) is 0 Å². The molecule has 6 heteroatoms. The average molecular weight is 243 g/mol. The SMILES string of the molecule is FC1(F)Oc2ccc([C@H]3COCCN3)cc2O1. The highest BCUT2D eigenvalue weighted by molar-refractivity contribution is 5.46. The molecule has 0 bridgehead atoms. The fourth-order valence-electron chi connectivity index (χ4n) is 1.96. The van der Waals surface area contributed by atoms with Gasteiger partial charge in [-0.05, 0) is 17.7 Å². The van der Waals surface area contributed by atoms with Crippen molar-refractivity contribution in [3.8, 4) is 11.5 Å². The van der Waals surface area contributed by atoms with Gasteiger partial charge in [0.05, 0.1) is 19.3 Å². The minimum atomic E-state index is -3.56. The molecule has 0 unspecified atom stereocenters. The normalized spacial score (nSPS) is 25.9. The molecule has 2 heterocycles. The van der Waals surface area contributed by atoms with Crippen LogP contribution in [0.25, 0.3) is 0 Å². The number of rotatable bonds is 1. The van der Waals surface area contributed by atoms with Crippen molar-refractivity contribution in [2.45, 2.75) is 12.3 Å². The molecule has 1 N–H and O–H groups in total. The quantitative estimate of drug-likeness (QED) is 0.814. The van der Waals surface area contributed by atoms with E-state index in [1.165, 1.54) is 6.07 Å². The molecule has 1 fully saturated rings. The van der Waals surface area contributed by atoms with Crippen LogP contribution in [-0.4, -0.2) is 26.1 Å². The molecule has 0 aromatic heterocycles. The molecule has 0 saturated carbocycles. The molecule has 1 aromatic carbocycles. The van der Waals surface area contributed by atoms with Crippen molar-refractivity contribution < 1.29 is 23.0 Å². The zero-order valence-corrected chi connectivity index (χ0v) is 8.91. The molecule has 92 valence electrons. The Morgan fingerprint density at radius 3 is 2.82 bits per heavy atom. The third-order valence-electron chi connectivity index (χ3n) is 2.75. The highest BCUT2D eigenvalue weighted by atomic mass is 19.3. The molecule has 2 aliphatic rings. The Morgan fingerprint density at radius 2 is 2.06 bits per heavy atom. The van der Waals surface area contributed by atoms with Gasteiger partial charge in [-0.25, -0.2) is 0 Å².